The van der Waals surface area contributed by atoms with Crippen LogP contribution in [0.2, 0.25) is 0 Å². The van der Waals surface area contributed by atoms with Crippen molar-refractivity contribution in [2.24, 2.45) is 5.41 Å². The second-order valence-electron chi connectivity index (χ2n) is 4.67. The Morgan fingerprint density at radius 3 is 2.88 bits per heavy atom. The van der Waals surface area contributed by atoms with Gasteiger partial charge in [0.1, 0.15) is 11.9 Å². The van der Waals surface area contributed by atoms with E-state index in [2.05, 4.69) is 23.3 Å². The Bertz CT molecular complexity index is 427. The zero-order valence-electron chi connectivity index (χ0n) is 9.88. The third-order valence-electron chi connectivity index (χ3n) is 3.61. The average Bonchev–Trinajstić information content (AvgIpc) is 3.07. The summed E-state index contributed by atoms with van der Waals surface area (Å²) in [6.45, 7) is 5.11. The Morgan fingerprint density at radius 2 is 2.31 bits per heavy atom. The minimum absolute atomic E-state index is 0.470. The fourth-order valence-electron chi connectivity index (χ4n) is 1.94. The fourth-order valence-corrected chi connectivity index (χ4v) is 1.94. The lowest BCUT2D eigenvalue weighted by Crippen LogP contribution is -2.16. The van der Waals surface area contributed by atoms with E-state index in [1.54, 1.807) is 6.20 Å². The maximum absolute atomic E-state index is 9.07. The first-order valence-corrected chi connectivity index (χ1v) is 5.80. The Balaban J connectivity index is 2.10. The summed E-state index contributed by atoms with van der Waals surface area (Å²) in [5.74, 6) is 0.738. The van der Waals surface area contributed by atoms with E-state index >= 15 is 0 Å². The molecule has 1 aliphatic rings. The molecule has 0 aliphatic heterocycles. The molecule has 1 heterocycles. The van der Waals surface area contributed by atoms with E-state index in [9.17, 15) is 0 Å². The number of pyridine rings is 1. The van der Waals surface area contributed by atoms with Crippen LogP contribution in [0, 0.1) is 23.7 Å². The molecule has 0 amide bonds. The maximum Gasteiger partial charge on any atom is 0.144 e. The van der Waals surface area contributed by atoms with Crippen molar-refractivity contribution in [2.75, 3.05) is 11.9 Å². The van der Waals surface area contributed by atoms with Crippen LogP contribution in [-0.4, -0.2) is 11.5 Å². The van der Waals surface area contributed by atoms with Gasteiger partial charge in [0.05, 0.1) is 5.56 Å². The van der Waals surface area contributed by atoms with E-state index in [1.165, 1.54) is 19.3 Å². The second-order valence-corrected chi connectivity index (χ2v) is 4.67. The molecule has 0 aromatic carbocycles. The summed E-state index contributed by atoms with van der Waals surface area (Å²) >= 11 is 0. The molecule has 1 N–H and O–H groups in total. The molecule has 0 saturated heterocycles. The molecule has 3 nitrogen and oxygen atoms in total. The van der Waals surface area contributed by atoms with E-state index in [-0.39, 0.29) is 0 Å². The molecule has 0 atom stereocenters. The monoisotopic (exact) mass is 215 g/mol. The summed E-state index contributed by atoms with van der Waals surface area (Å²) in [7, 11) is 0. The highest BCUT2D eigenvalue weighted by molar-refractivity contribution is 5.55. The lowest BCUT2D eigenvalue weighted by Gasteiger charge is -2.15. The minimum atomic E-state index is 0.470. The Kier molecular flexibility index (Phi) is 2.82. The smallest absolute Gasteiger partial charge is 0.144 e. The van der Waals surface area contributed by atoms with Crippen molar-refractivity contribution in [3.05, 3.63) is 23.4 Å². The molecule has 16 heavy (non-hydrogen) atoms. The van der Waals surface area contributed by atoms with Gasteiger partial charge in [-0.1, -0.05) is 6.92 Å². The van der Waals surface area contributed by atoms with Gasteiger partial charge >= 0.3 is 0 Å². The van der Waals surface area contributed by atoms with Crippen LogP contribution in [0.1, 0.15) is 37.3 Å². The highest BCUT2D eigenvalue weighted by atomic mass is 15.0. The summed E-state index contributed by atoms with van der Waals surface area (Å²) in [5.41, 5.74) is 2.13. The van der Waals surface area contributed by atoms with Crippen LogP contribution in [0.3, 0.4) is 0 Å². The predicted octanol–water partition coefficient (Wildman–Crippen LogP) is 2.86. The lowest BCUT2D eigenvalue weighted by molar-refractivity contribution is 0.520. The van der Waals surface area contributed by atoms with Gasteiger partial charge in [-0.15, -0.1) is 0 Å². The molecule has 1 aromatic rings. The molecule has 0 bridgehead atoms. The SMILES string of the molecule is CCC1(CNc2nccc(C)c2C#N)CC1. The number of aryl methyl sites for hydroxylation is 1. The van der Waals surface area contributed by atoms with E-state index in [1.807, 2.05) is 13.0 Å². The third-order valence-corrected chi connectivity index (χ3v) is 3.61. The first kappa shape index (κ1) is 10.9. The van der Waals surface area contributed by atoms with Crippen molar-refractivity contribution in [2.45, 2.75) is 33.1 Å². The van der Waals surface area contributed by atoms with E-state index in [0.717, 1.165) is 17.9 Å². The van der Waals surface area contributed by atoms with Crippen LogP contribution >= 0.6 is 0 Å². The number of aromatic nitrogens is 1. The van der Waals surface area contributed by atoms with Gasteiger partial charge in [0.2, 0.25) is 0 Å². The molecule has 1 aromatic heterocycles. The third kappa shape index (κ3) is 2.01. The highest BCUT2D eigenvalue weighted by Gasteiger charge is 2.40. The van der Waals surface area contributed by atoms with Crippen molar-refractivity contribution in [1.82, 2.24) is 4.98 Å². The number of nitrogens with zero attached hydrogens (tertiary/aromatic N) is 2. The van der Waals surface area contributed by atoms with Crippen LogP contribution in [0.4, 0.5) is 5.82 Å². The zero-order chi connectivity index (χ0) is 11.6. The van der Waals surface area contributed by atoms with Gasteiger partial charge in [-0.2, -0.15) is 5.26 Å². The molecule has 3 heteroatoms. The molecule has 1 saturated carbocycles. The number of nitriles is 1. The molecule has 0 unspecified atom stereocenters. The summed E-state index contributed by atoms with van der Waals surface area (Å²) in [6, 6.07) is 4.09. The van der Waals surface area contributed by atoms with Crippen molar-refractivity contribution in [1.29, 1.82) is 5.26 Å². The number of hydrogen-bond acceptors (Lipinski definition) is 3. The topological polar surface area (TPSA) is 48.7 Å². The van der Waals surface area contributed by atoms with E-state index < -0.39 is 0 Å². The molecule has 0 radical (unpaired) electrons. The highest BCUT2D eigenvalue weighted by Crippen LogP contribution is 2.48. The minimum Gasteiger partial charge on any atom is -0.368 e. The van der Waals surface area contributed by atoms with Gasteiger partial charge < -0.3 is 5.32 Å². The molecule has 0 spiro atoms. The van der Waals surface area contributed by atoms with Crippen LogP contribution in [-0.2, 0) is 0 Å². The standard InChI is InChI=1S/C13H17N3/c1-3-13(5-6-13)9-16-12-11(8-14)10(2)4-7-15-12/h4,7H,3,5-6,9H2,1-2H3,(H,15,16). The Morgan fingerprint density at radius 1 is 1.56 bits per heavy atom. The normalized spacial score (nSPS) is 16.6. The summed E-state index contributed by atoms with van der Waals surface area (Å²) in [5, 5.41) is 12.4. The van der Waals surface area contributed by atoms with E-state index in [0.29, 0.717) is 11.0 Å². The Labute approximate surface area is 96.5 Å². The van der Waals surface area contributed by atoms with Crippen molar-refractivity contribution < 1.29 is 0 Å². The lowest BCUT2D eigenvalue weighted by atomic mass is 10.0. The van der Waals surface area contributed by atoms with Crippen molar-refractivity contribution >= 4 is 5.82 Å². The van der Waals surface area contributed by atoms with Gasteiger partial charge in [0.25, 0.3) is 0 Å². The van der Waals surface area contributed by atoms with E-state index in [4.69, 9.17) is 5.26 Å². The molecular weight excluding hydrogens is 198 g/mol. The van der Waals surface area contributed by atoms with Crippen LogP contribution in [0.25, 0.3) is 0 Å². The summed E-state index contributed by atoms with van der Waals surface area (Å²) in [6.07, 6.45) is 5.55. The zero-order valence-corrected chi connectivity index (χ0v) is 9.88. The first-order valence-electron chi connectivity index (χ1n) is 5.80. The predicted molar refractivity (Wildman–Crippen MR) is 64.1 cm³/mol. The van der Waals surface area contributed by atoms with Crippen LogP contribution < -0.4 is 5.32 Å². The van der Waals surface area contributed by atoms with Crippen molar-refractivity contribution in [3.8, 4) is 6.07 Å². The van der Waals surface area contributed by atoms with Gasteiger partial charge in [0.15, 0.2) is 0 Å². The van der Waals surface area contributed by atoms with Crippen LogP contribution in [0.15, 0.2) is 12.3 Å². The Hall–Kier alpha value is -1.56. The maximum atomic E-state index is 9.07. The number of anilines is 1. The van der Waals surface area contributed by atoms with Crippen molar-refractivity contribution in [3.63, 3.8) is 0 Å². The van der Waals surface area contributed by atoms with Gasteiger partial charge in [0, 0.05) is 12.7 Å². The molecular formula is C13H17N3. The van der Waals surface area contributed by atoms with Gasteiger partial charge in [-0.25, -0.2) is 4.98 Å². The van der Waals surface area contributed by atoms with Gasteiger partial charge in [-0.3, -0.25) is 0 Å². The van der Waals surface area contributed by atoms with Crippen LogP contribution in [0.5, 0.6) is 0 Å². The molecule has 1 aliphatic carbocycles. The second kappa shape index (κ2) is 4.13. The quantitative estimate of drug-likeness (QED) is 0.840. The van der Waals surface area contributed by atoms with Gasteiger partial charge in [-0.05, 0) is 43.2 Å². The number of hydrogen-bond donors (Lipinski definition) is 1. The largest absolute Gasteiger partial charge is 0.368 e. The molecule has 2 rings (SSSR count). The summed E-state index contributed by atoms with van der Waals surface area (Å²) < 4.78 is 0. The number of nitrogens with one attached hydrogen (secondary N) is 1. The fraction of sp³-hybridized carbons (Fsp3) is 0.538. The first-order chi connectivity index (χ1) is 7.71. The molecule has 1 fully saturated rings. The summed E-state index contributed by atoms with van der Waals surface area (Å²) in [4.78, 5) is 4.24. The average molecular weight is 215 g/mol. The molecule has 84 valence electrons. The number of rotatable bonds is 4.